The molecule has 0 aromatic heterocycles. The molecule has 4 aliphatic rings. The number of rotatable bonds is 6. The van der Waals surface area contributed by atoms with E-state index in [-0.39, 0.29) is 10.8 Å². The number of allylic oxidation sites excluding steroid dienone is 10. The molecule has 0 radical (unpaired) electrons. The SMILES string of the molecule is C\C(C=C=C1C(C)(C)C[C@H](O)C[C@@]1(C)O)=C/C=C/C=C/C=C(C)/C=C1/C=C(C2C=C3C(C)(C)C[C@H](O)C[C@@]3(C)O2)C(=O)O1. The van der Waals surface area contributed by atoms with Crippen LogP contribution in [0.3, 0.4) is 0 Å². The van der Waals surface area contributed by atoms with Crippen molar-refractivity contribution in [3.63, 3.8) is 0 Å². The molecule has 232 valence electrons. The van der Waals surface area contributed by atoms with Crippen molar-refractivity contribution in [1.29, 1.82) is 0 Å². The summed E-state index contributed by atoms with van der Waals surface area (Å²) in [6.45, 7) is 15.9. The Labute approximate surface area is 256 Å². The third-order valence-electron chi connectivity index (χ3n) is 8.89. The van der Waals surface area contributed by atoms with Crippen LogP contribution < -0.4 is 0 Å². The molecule has 2 heterocycles. The Morgan fingerprint density at radius 2 is 1.49 bits per heavy atom. The van der Waals surface area contributed by atoms with Crippen molar-refractivity contribution in [3.8, 4) is 0 Å². The molecule has 0 bridgehead atoms. The summed E-state index contributed by atoms with van der Waals surface area (Å²) in [5.41, 5.74) is 5.44. The number of carbonyl (C=O) groups is 1. The van der Waals surface area contributed by atoms with Gasteiger partial charge in [-0.25, -0.2) is 4.79 Å². The van der Waals surface area contributed by atoms with Gasteiger partial charge in [-0.2, -0.15) is 0 Å². The second-order valence-electron chi connectivity index (χ2n) is 14.3. The Balaban J connectivity index is 1.38. The smallest absolute Gasteiger partial charge is 0.342 e. The van der Waals surface area contributed by atoms with E-state index in [1.165, 1.54) is 0 Å². The molecule has 0 spiro atoms. The quantitative estimate of drug-likeness (QED) is 0.139. The van der Waals surface area contributed by atoms with Crippen LogP contribution in [0.15, 0.2) is 100 Å². The van der Waals surface area contributed by atoms with Gasteiger partial charge in [0.05, 0.1) is 29.0 Å². The summed E-state index contributed by atoms with van der Waals surface area (Å²) in [7, 11) is 0. The first kappa shape index (κ1) is 32.9. The maximum absolute atomic E-state index is 12.7. The van der Waals surface area contributed by atoms with E-state index in [9.17, 15) is 20.1 Å². The molecule has 2 fully saturated rings. The molecule has 2 aliphatic heterocycles. The number of hydrogen-bond donors (Lipinski definition) is 3. The van der Waals surface area contributed by atoms with Gasteiger partial charge in [0, 0.05) is 18.4 Å². The normalized spacial score (nSPS) is 35.2. The van der Waals surface area contributed by atoms with E-state index < -0.39 is 35.5 Å². The van der Waals surface area contributed by atoms with E-state index in [0.717, 1.165) is 22.3 Å². The Morgan fingerprint density at radius 1 is 0.884 bits per heavy atom. The fourth-order valence-corrected chi connectivity index (χ4v) is 7.31. The molecule has 4 rings (SSSR count). The fourth-order valence-electron chi connectivity index (χ4n) is 7.31. The first-order chi connectivity index (χ1) is 19.9. The van der Waals surface area contributed by atoms with E-state index in [2.05, 4.69) is 19.6 Å². The lowest BCUT2D eigenvalue weighted by Crippen LogP contribution is -2.45. The molecule has 0 saturated heterocycles. The maximum atomic E-state index is 12.7. The summed E-state index contributed by atoms with van der Waals surface area (Å²) in [5, 5.41) is 31.3. The number of hydrogen-bond acceptors (Lipinski definition) is 6. The van der Waals surface area contributed by atoms with Crippen molar-refractivity contribution >= 4 is 5.97 Å². The second-order valence-corrected chi connectivity index (χ2v) is 14.3. The van der Waals surface area contributed by atoms with Crippen molar-refractivity contribution < 1.29 is 29.6 Å². The Hall–Kier alpha value is -2.99. The number of aliphatic hydroxyl groups is 3. The average molecular weight is 589 g/mol. The van der Waals surface area contributed by atoms with Crippen LogP contribution >= 0.6 is 0 Å². The van der Waals surface area contributed by atoms with Gasteiger partial charge in [-0.05, 0) is 92.4 Å². The largest absolute Gasteiger partial charge is 0.423 e. The van der Waals surface area contributed by atoms with Crippen molar-refractivity contribution in [2.24, 2.45) is 10.8 Å². The minimum Gasteiger partial charge on any atom is -0.423 e. The van der Waals surface area contributed by atoms with E-state index in [1.807, 2.05) is 89.3 Å². The summed E-state index contributed by atoms with van der Waals surface area (Å²) in [5.74, 6) is 0.0770. The first-order valence-electron chi connectivity index (χ1n) is 15.2. The lowest BCUT2D eigenvalue weighted by atomic mass is 9.65. The zero-order valence-electron chi connectivity index (χ0n) is 26.9. The molecule has 6 heteroatoms. The third-order valence-corrected chi connectivity index (χ3v) is 8.89. The molecule has 0 aromatic rings. The molecule has 2 aliphatic carbocycles. The number of carbonyl (C=O) groups excluding carboxylic acids is 1. The van der Waals surface area contributed by atoms with Crippen LogP contribution in [0.2, 0.25) is 0 Å². The molecule has 0 amide bonds. The van der Waals surface area contributed by atoms with Crippen LogP contribution in [-0.4, -0.2) is 50.8 Å². The predicted octanol–water partition coefficient (Wildman–Crippen LogP) is 6.64. The van der Waals surface area contributed by atoms with Crippen molar-refractivity contribution in [2.45, 2.75) is 111 Å². The number of cyclic esters (lactones) is 1. The lowest BCUT2D eigenvalue weighted by Gasteiger charge is -2.44. The van der Waals surface area contributed by atoms with Gasteiger partial charge in [0.2, 0.25) is 0 Å². The van der Waals surface area contributed by atoms with Crippen molar-refractivity contribution in [1.82, 2.24) is 0 Å². The van der Waals surface area contributed by atoms with E-state index in [1.54, 1.807) is 13.0 Å². The number of esters is 1. The van der Waals surface area contributed by atoms with Gasteiger partial charge >= 0.3 is 5.97 Å². The van der Waals surface area contributed by atoms with Crippen molar-refractivity contribution in [2.75, 3.05) is 0 Å². The highest BCUT2D eigenvalue weighted by Gasteiger charge is 2.52. The number of aliphatic hydroxyl groups excluding tert-OH is 2. The molecule has 2 saturated carbocycles. The van der Waals surface area contributed by atoms with Crippen LogP contribution in [0.5, 0.6) is 0 Å². The summed E-state index contributed by atoms with van der Waals surface area (Å²) >= 11 is 0. The maximum Gasteiger partial charge on any atom is 0.342 e. The Morgan fingerprint density at radius 3 is 2.14 bits per heavy atom. The highest BCUT2D eigenvalue weighted by Crippen LogP contribution is 2.52. The van der Waals surface area contributed by atoms with E-state index >= 15 is 0 Å². The fraction of sp³-hybridized carbons (Fsp3) is 0.514. The Kier molecular flexibility index (Phi) is 9.33. The minimum absolute atomic E-state index is 0.203. The predicted molar refractivity (Wildman–Crippen MR) is 170 cm³/mol. The molecule has 1 unspecified atom stereocenters. The van der Waals surface area contributed by atoms with Gasteiger partial charge in [-0.1, -0.05) is 64.2 Å². The average Bonchev–Trinajstić information content (AvgIpc) is 3.38. The van der Waals surface area contributed by atoms with Crippen LogP contribution in [0.1, 0.15) is 81.1 Å². The van der Waals surface area contributed by atoms with Gasteiger partial charge in [0.15, 0.2) is 0 Å². The lowest BCUT2D eigenvalue weighted by molar-refractivity contribution is -0.135. The standard InChI is InChI=1S/C37H48O6/c1-24(15-16-31-34(3,4)20-26(38)22-36(31,7)41)13-11-9-10-12-14-25(2)17-28-18-29(33(40)42-28)30-19-32-35(5,6)21-27(39)23-37(32,8)43-30/h9-15,17-19,26-27,30,38-39,41H,20-23H2,1-8H3/b11-9+,12-10+,24-13+,25-14+,28-17-/t16?,26-,27-,30?,36+,37+/m0/s1. The van der Waals surface area contributed by atoms with Gasteiger partial charge in [0.25, 0.3) is 0 Å². The zero-order chi connectivity index (χ0) is 31.8. The monoisotopic (exact) mass is 588 g/mol. The number of fused-ring (bicyclic) bond motifs is 1. The highest BCUT2D eigenvalue weighted by atomic mass is 16.6. The molecule has 0 aromatic carbocycles. The molecule has 6 nitrogen and oxygen atoms in total. The summed E-state index contributed by atoms with van der Waals surface area (Å²) in [6.07, 6.45) is 19.8. The number of ether oxygens (including phenoxy) is 2. The summed E-state index contributed by atoms with van der Waals surface area (Å²) in [4.78, 5) is 12.7. The van der Waals surface area contributed by atoms with E-state index in [4.69, 9.17) is 9.47 Å². The van der Waals surface area contributed by atoms with Crippen LogP contribution in [0.25, 0.3) is 0 Å². The molecular weight excluding hydrogens is 540 g/mol. The first-order valence-corrected chi connectivity index (χ1v) is 15.2. The van der Waals surface area contributed by atoms with Gasteiger partial charge in [-0.15, -0.1) is 5.73 Å². The Bertz CT molecular complexity index is 1400. The van der Waals surface area contributed by atoms with Crippen LogP contribution in [0, 0.1) is 10.8 Å². The third kappa shape index (κ3) is 7.57. The van der Waals surface area contributed by atoms with Gasteiger partial charge in [0.1, 0.15) is 11.9 Å². The van der Waals surface area contributed by atoms with Gasteiger partial charge < -0.3 is 24.8 Å². The van der Waals surface area contributed by atoms with Crippen molar-refractivity contribution in [3.05, 3.63) is 100 Å². The van der Waals surface area contributed by atoms with Crippen LogP contribution in [-0.2, 0) is 14.3 Å². The van der Waals surface area contributed by atoms with Gasteiger partial charge in [-0.3, -0.25) is 0 Å². The highest BCUT2D eigenvalue weighted by molar-refractivity contribution is 5.94. The minimum atomic E-state index is -1.08. The zero-order valence-corrected chi connectivity index (χ0v) is 26.9. The summed E-state index contributed by atoms with van der Waals surface area (Å²) < 4.78 is 11.9. The van der Waals surface area contributed by atoms with E-state index in [0.29, 0.717) is 37.0 Å². The molecular formula is C37H48O6. The molecule has 43 heavy (non-hydrogen) atoms. The van der Waals surface area contributed by atoms with Crippen LogP contribution in [0.4, 0.5) is 0 Å². The molecule has 5 atom stereocenters. The molecule has 3 N–H and O–H groups in total. The second kappa shape index (κ2) is 12.2. The summed E-state index contributed by atoms with van der Waals surface area (Å²) in [6, 6.07) is 0. The topological polar surface area (TPSA) is 96.2 Å².